The number of hydrogen-bond donors (Lipinski definition) is 0. The SMILES string of the molecule is CC(C)[Si](C)(C)C1([Si](C)(C)C(C)C)CCC([Si](C)(C)C(C)C)([Si](C)(C)C(C)C)[Si]1. The predicted molar refractivity (Wildman–Crippen MR) is 151 cm³/mol. The summed E-state index contributed by atoms with van der Waals surface area (Å²) in [5, 5.41) is 0. The summed E-state index contributed by atoms with van der Waals surface area (Å²) in [6.07, 6.45) is 3.15. The molecule has 1 aliphatic rings. The van der Waals surface area contributed by atoms with E-state index in [1.54, 1.807) is 12.8 Å². The minimum absolute atomic E-state index is 0.723. The highest BCUT2D eigenvalue weighted by Crippen LogP contribution is 2.71. The molecule has 0 aromatic heterocycles. The summed E-state index contributed by atoms with van der Waals surface area (Å²) in [5.74, 6) is 0. The van der Waals surface area contributed by atoms with Gasteiger partial charge in [0.05, 0.1) is 32.3 Å². The zero-order chi connectivity index (χ0) is 23.4. The van der Waals surface area contributed by atoms with Gasteiger partial charge in [0.15, 0.2) is 0 Å². The Morgan fingerprint density at radius 2 is 0.621 bits per heavy atom. The first-order valence-electron chi connectivity index (χ1n) is 12.5. The van der Waals surface area contributed by atoms with E-state index in [1.807, 2.05) is 0 Å². The van der Waals surface area contributed by atoms with Crippen LogP contribution in [0.3, 0.4) is 0 Å². The van der Waals surface area contributed by atoms with Crippen molar-refractivity contribution in [1.82, 2.24) is 0 Å². The maximum absolute atomic E-state index is 2.81. The van der Waals surface area contributed by atoms with Gasteiger partial charge in [0.25, 0.3) is 0 Å². The van der Waals surface area contributed by atoms with Gasteiger partial charge in [-0.2, -0.15) is 0 Å². The van der Waals surface area contributed by atoms with Crippen LogP contribution >= 0.6 is 0 Å². The Bertz CT molecular complexity index is 480. The summed E-state index contributed by atoms with van der Waals surface area (Å²) in [6.45, 7) is 43.2. The molecule has 0 aliphatic carbocycles. The summed E-state index contributed by atoms with van der Waals surface area (Å²) in [4.78, 5) is 0. The largest absolute Gasteiger partial charge is 0.0692 e. The van der Waals surface area contributed by atoms with Crippen LogP contribution in [0, 0.1) is 0 Å². The van der Waals surface area contributed by atoms with Crippen LogP contribution in [0.1, 0.15) is 68.2 Å². The molecule has 0 spiro atoms. The first-order chi connectivity index (χ1) is 12.7. The van der Waals surface area contributed by atoms with Crippen molar-refractivity contribution in [1.29, 1.82) is 0 Å². The molecular formula is C24H56Si5. The smallest absolute Gasteiger partial charge is 0.0504 e. The van der Waals surface area contributed by atoms with E-state index in [9.17, 15) is 0 Å². The molecule has 0 bridgehead atoms. The van der Waals surface area contributed by atoms with Crippen molar-refractivity contribution in [3.63, 3.8) is 0 Å². The molecule has 0 unspecified atom stereocenters. The molecule has 1 fully saturated rings. The van der Waals surface area contributed by atoms with E-state index in [-0.39, 0.29) is 0 Å². The molecule has 1 saturated heterocycles. The molecule has 0 aromatic rings. The van der Waals surface area contributed by atoms with Crippen LogP contribution in [-0.2, 0) is 0 Å². The standard InChI is InChI=1S/C24H56Si5/c1-19(2)26(9,10)23(27(11,12)20(3)4)17-18-24(25-23,28(13,14)21(5)6)29(15,16)22(7)8/h19-22H,17-18H2,1-16H3. The quantitative estimate of drug-likeness (QED) is 0.301. The fourth-order valence-electron chi connectivity index (χ4n) is 6.43. The second-order valence-corrected chi connectivity index (χ2v) is 40.7. The van der Waals surface area contributed by atoms with Crippen LogP contribution < -0.4 is 0 Å². The molecule has 5 heteroatoms. The number of hydrogen-bond acceptors (Lipinski definition) is 0. The topological polar surface area (TPSA) is 0 Å². The third-order valence-electron chi connectivity index (χ3n) is 11.5. The molecule has 0 aromatic carbocycles. The molecule has 0 atom stereocenters. The van der Waals surface area contributed by atoms with E-state index in [4.69, 9.17) is 0 Å². The highest BCUT2D eigenvalue weighted by molar-refractivity contribution is 7.18. The van der Waals surface area contributed by atoms with Crippen molar-refractivity contribution < 1.29 is 0 Å². The van der Waals surface area contributed by atoms with Crippen molar-refractivity contribution in [3.05, 3.63) is 0 Å². The van der Waals surface area contributed by atoms with E-state index in [2.05, 4.69) is 108 Å². The van der Waals surface area contributed by atoms with Gasteiger partial charge in [-0.05, 0) is 8.57 Å². The Morgan fingerprint density at radius 3 is 0.759 bits per heavy atom. The van der Waals surface area contributed by atoms with Gasteiger partial charge in [-0.3, -0.25) is 0 Å². The van der Waals surface area contributed by atoms with Crippen LogP contribution in [0.15, 0.2) is 0 Å². The average Bonchev–Trinajstić information content (AvgIpc) is 2.99. The number of rotatable bonds is 8. The molecule has 0 N–H and O–H groups in total. The Kier molecular flexibility index (Phi) is 8.20. The predicted octanol–water partition coefficient (Wildman–Crippen LogP) is 9.43. The van der Waals surface area contributed by atoms with E-state index < -0.39 is 32.3 Å². The molecule has 1 aliphatic heterocycles. The maximum Gasteiger partial charge on any atom is 0.0504 e. The fourth-order valence-corrected chi connectivity index (χ4v) is 44.1. The monoisotopic (exact) mass is 484 g/mol. The Hall–Kier alpha value is 1.08. The average molecular weight is 485 g/mol. The normalized spacial score (nSPS) is 21.1. The lowest BCUT2D eigenvalue weighted by atomic mass is 10.4. The molecule has 0 amide bonds. The summed E-state index contributed by atoms with van der Waals surface area (Å²) >= 11 is 0. The van der Waals surface area contributed by atoms with Crippen molar-refractivity contribution >= 4 is 41.8 Å². The second kappa shape index (κ2) is 8.46. The minimum atomic E-state index is -1.39. The van der Waals surface area contributed by atoms with Crippen molar-refractivity contribution in [2.24, 2.45) is 0 Å². The van der Waals surface area contributed by atoms with Gasteiger partial charge < -0.3 is 0 Å². The second-order valence-electron chi connectivity index (χ2n) is 13.9. The third-order valence-corrected chi connectivity index (χ3v) is 51.1. The van der Waals surface area contributed by atoms with Crippen LogP contribution in [0.5, 0.6) is 0 Å². The lowest BCUT2D eigenvalue weighted by molar-refractivity contribution is 0.719. The lowest BCUT2D eigenvalue weighted by Gasteiger charge is -2.61. The van der Waals surface area contributed by atoms with Crippen molar-refractivity contribution in [2.75, 3.05) is 0 Å². The zero-order valence-corrected chi connectivity index (χ0v) is 28.2. The van der Waals surface area contributed by atoms with Gasteiger partial charge in [-0.25, -0.2) is 0 Å². The summed E-state index contributed by atoms with van der Waals surface area (Å²) in [5.41, 5.74) is 3.57. The van der Waals surface area contributed by atoms with E-state index in [0.717, 1.165) is 30.7 Å². The molecule has 29 heavy (non-hydrogen) atoms. The zero-order valence-electron chi connectivity index (χ0n) is 23.2. The summed E-state index contributed by atoms with van der Waals surface area (Å²) in [6, 6.07) is 0. The van der Waals surface area contributed by atoms with E-state index in [1.165, 1.54) is 9.52 Å². The van der Waals surface area contributed by atoms with Gasteiger partial charge in [0, 0.05) is 9.52 Å². The first-order valence-corrected chi connectivity index (χ1v) is 25.8. The first kappa shape index (κ1) is 28.1. The fraction of sp³-hybridized carbons (Fsp3) is 1.00. The van der Waals surface area contributed by atoms with Crippen LogP contribution in [0.2, 0.25) is 83.1 Å². The van der Waals surface area contributed by atoms with E-state index in [0.29, 0.717) is 0 Å². The van der Waals surface area contributed by atoms with Gasteiger partial charge >= 0.3 is 0 Å². The lowest BCUT2D eigenvalue weighted by Crippen LogP contribution is -2.67. The third kappa shape index (κ3) is 3.89. The van der Waals surface area contributed by atoms with Gasteiger partial charge in [-0.1, -0.05) is 143 Å². The Balaban J connectivity index is 3.91. The molecule has 172 valence electrons. The molecule has 0 saturated carbocycles. The van der Waals surface area contributed by atoms with Crippen LogP contribution in [0.4, 0.5) is 0 Å². The van der Waals surface area contributed by atoms with Crippen molar-refractivity contribution in [2.45, 2.75) is 151 Å². The summed E-state index contributed by atoms with van der Waals surface area (Å²) in [7, 11) is -4.32. The molecule has 2 radical (unpaired) electrons. The minimum Gasteiger partial charge on any atom is -0.0692 e. The van der Waals surface area contributed by atoms with Crippen molar-refractivity contribution in [3.8, 4) is 0 Å². The summed E-state index contributed by atoms with van der Waals surface area (Å²) < 4.78 is 1.45. The van der Waals surface area contributed by atoms with Gasteiger partial charge in [-0.15, -0.1) is 0 Å². The molecule has 1 rings (SSSR count). The highest BCUT2D eigenvalue weighted by Gasteiger charge is 2.71. The molecule has 1 heterocycles. The van der Waals surface area contributed by atoms with Gasteiger partial charge in [0.1, 0.15) is 0 Å². The van der Waals surface area contributed by atoms with E-state index >= 15 is 0 Å². The molecular weight excluding hydrogens is 429 g/mol. The maximum atomic E-state index is 2.81. The van der Waals surface area contributed by atoms with Crippen LogP contribution in [0.25, 0.3) is 0 Å². The van der Waals surface area contributed by atoms with Crippen LogP contribution in [-0.4, -0.2) is 41.8 Å². The Morgan fingerprint density at radius 1 is 0.448 bits per heavy atom. The highest BCUT2D eigenvalue weighted by atomic mass is 28.5. The Labute approximate surface area is 192 Å². The van der Waals surface area contributed by atoms with Gasteiger partial charge in [0.2, 0.25) is 0 Å². The molecule has 0 nitrogen and oxygen atoms in total.